The number of rotatable bonds is 11. The first-order valence-corrected chi connectivity index (χ1v) is 9.39. The lowest BCUT2D eigenvalue weighted by atomic mass is 10.1. The van der Waals surface area contributed by atoms with Crippen LogP contribution in [-0.2, 0) is 0 Å². The minimum absolute atomic E-state index is 0.0146. The van der Waals surface area contributed by atoms with Crippen LogP contribution in [0.1, 0.15) is 66.2 Å². The fourth-order valence-electron chi connectivity index (χ4n) is 2.71. The molecule has 27 heavy (non-hydrogen) atoms. The van der Waals surface area contributed by atoms with E-state index in [2.05, 4.69) is 6.92 Å². The molecule has 0 radical (unpaired) electrons. The zero-order chi connectivity index (χ0) is 19.5. The molecule has 5 nitrogen and oxygen atoms in total. The Labute approximate surface area is 159 Å². The molecule has 0 saturated heterocycles. The number of unbranched alkanes of at least 4 members (excludes halogenated alkanes) is 5. The maximum absolute atomic E-state index is 12.5. The third-order valence-electron chi connectivity index (χ3n) is 4.18. The van der Waals surface area contributed by atoms with Crippen molar-refractivity contribution < 1.29 is 24.2 Å². The van der Waals surface area contributed by atoms with Crippen molar-refractivity contribution in [2.75, 3.05) is 6.61 Å². The Kier molecular flexibility index (Phi) is 8.36. The second kappa shape index (κ2) is 11.0. The van der Waals surface area contributed by atoms with Gasteiger partial charge in [-0.25, -0.2) is 9.59 Å². The van der Waals surface area contributed by atoms with Crippen LogP contribution in [0.2, 0.25) is 0 Å². The molecule has 144 valence electrons. The van der Waals surface area contributed by atoms with Crippen molar-refractivity contribution in [2.24, 2.45) is 0 Å². The van der Waals surface area contributed by atoms with E-state index >= 15 is 0 Å². The first kappa shape index (κ1) is 20.5. The lowest BCUT2D eigenvalue weighted by Crippen LogP contribution is -2.13. The van der Waals surface area contributed by atoms with Gasteiger partial charge in [-0.3, -0.25) is 0 Å². The Bertz CT molecular complexity index is 754. The van der Waals surface area contributed by atoms with Crippen molar-refractivity contribution >= 4 is 11.9 Å². The number of ether oxygens (including phenoxy) is 2. The molecule has 2 rings (SSSR count). The third kappa shape index (κ3) is 6.44. The highest BCUT2D eigenvalue weighted by Gasteiger charge is 2.18. The Balaban J connectivity index is 1.96. The normalized spacial score (nSPS) is 10.4. The van der Waals surface area contributed by atoms with Crippen LogP contribution in [-0.4, -0.2) is 23.7 Å². The number of carboxylic acids is 1. The summed E-state index contributed by atoms with van der Waals surface area (Å²) in [4.78, 5) is 23.8. The molecule has 2 aromatic rings. The van der Waals surface area contributed by atoms with Crippen molar-refractivity contribution in [3.63, 3.8) is 0 Å². The summed E-state index contributed by atoms with van der Waals surface area (Å²) in [6, 6.07) is 12.9. The average Bonchev–Trinajstić information content (AvgIpc) is 2.68. The number of carbonyl (C=O) groups is 2. The molecule has 0 aliphatic heterocycles. The van der Waals surface area contributed by atoms with E-state index in [1.807, 2.05) is 0 Å². The van der Waals surface area contributed by atoms with Crippen LogP contribution >= 0.6 is 0 Å². The highest BCUT2D eigenvalue weighted by atomic mass is 16.5. The number of benzene rings is 2. The Hall–Kier alpha value is -2.82. The Morgan fingerprint density at radius 3 is 2.11 bits per heavy atom. The topological polar surface area (TPSA) is 72.8 Å². The van der Waals surface area contributed by atoms with Gasteiger partial charge in [0.15, 0.2) is 0 Å². The lowest BCUT2D eigenvalue weighted by Gasteiger charge is -2.12. The van der Waals surface area contributed by atoms with Gasteiger partial charge in [-0.2, -0.15) is 0 Å². The van der Waals surface area contributed by atoms with Crippen LogP contribution in [0.15, 0.2) is 48.5 Å². The quantitative estimate of drug-likeness (QED) is 0.328. The minimum Gasteiger partial charge on any atom is -0.493 e. The molecule has 1 N–H and O–H groups in total. The van der Waals surface area contributed by atoms with E-state index in [-0.39, 0.29) is 16.9 Å². The molecule has 2 aromatic carbocycles. The Morgan fingerprint density at radius 1 is 0.815 bits per heavy atom. The van der Waals surface area contributed by atoms with Gasteiger partial charge in [-0.05, 0) is 30.7 Å². The number of carbonyl (C=O) groups excluding carboxylic acids is 1. The van der Waals surface area contributed by atoms with Crippen molar-refractivity contribution in [1.82, 2.24) is 0 Å². The van der Waals surface area contributed by atoms with Gasteiger partial charge in [0, 0.05) is 0 Å². The summed E-state index contributed by atoms with van der Waals surface area (Å²) in [6.45, 7) is 2.72. The molecular formula is C22H26O5. The van der Waals surface area contributed by atoms with Gasteiger partial charge in [-0.1, -0.05) is 63.3 Å². The second-order valence-electron chi connectivity index (χ2n) is 6.30. The van der Waals surface area contributed by atoms with Gasteiger partial charge < -0.3 is 14.6 Å². The SMILES string of the molecule is CCCCCCCCOc1ccccc1C(=O)Oc1ccccc1C(=O)O. The standard InChI is InChI=1S/C22H26O5/c1-2-3-4-5-6-11-16-26-19-14-9-8-13-18(19)22(25)27-20-15-10-7-12-17(20)21(23)24/h7-10,12-15H,2-6,11,16H2,1H3,(H,23,24). The third-order valence-corrected chi connectivity index (χ3v) is 4.18. The van der Waals surface area contributed by atoms with Gasteiger partial charge in [-0.15, -0.1) is 0 Å². The summed E-state index contributed by atoms with van der Waals surface area (Å²) >= 11 is 0. The van der Waals surface area contributed by atoms with Gasteiger partial charge in [0.1, 0.15) is 22.6 Å². The number of hydrogen-bond acceptors (Lipinski definition) is 4. The molecule has 0 spiro atoms. The molecule has 0 aliphatic carbocycles. The van der Waals surface area contributed by atoms with Crippen LogP contribution in [0.25, 0.3) is 0 Å². The van der Waals surface area contributed by atoms with E-state index in [0.29, 0.717) is 12.4 Å². The largest absolute Gasteiger partial charge is 0.493 e. The van der Waals surface area contributed by atoms with E-state index in [1.165, 1.54) is 37.8 Å². The highest BCUT2D eigenvalue weighted by Crippen LogP contribution is 2.23. The molecule has 5 heteroatoms. The monoisotopic (exact) mass is 370 g/mol. The molecular weight excluding hydrogens is 344 g/mol. The van der Waals surface area contributed by atoms with E-state index in [9.17, 15) is 14.7 Å². The van der Waals surface area contributed by atoms with Crippen LogP contribution in [0.4, 0.5) is 0 Å². The summed E-state index contributed by atoms with van der Waals surface area (Å²) in [5, 5.41) is 9.21. The fraction of sp³-hybridized carbons (Fsp3) is 0.364. The summed E-state index contributed by atoms with van der Waals surface area (Å²) in [5.74, 6) is -1.32. The lowest BCUT2D eigenvalue weighted by molar-refractivity contribution is 0.0680. The zero-order valence-electron chi connectivity index (χ0n) is 15.6. The Morgan fingerprint density at radius 2 is 1.41 bits per heavy atom. The average molecular weight is 370 g/mol. The number of carboxylic acid groups (broad SMARTS) is 1. The first-order valence-electron chi connectivity index (χ1n) is 9.39. The number of para-hydroxylation sites is 2. The van der Waals surface area contributed by atoms with E-state index in [1.54, 1.807) is 36.4 Å². The zero-order valence-corrected chi connectivity index (χ0v) is 15.6. The van der Waals surface area contributed by atoms with Crippen molar-refractivity contribution in [1.29, 1.82) is 0 Å². The molecule has 0 heterocycles. The van der Waals surface area contributed by atoms with Crippen LogP contribution in [0.5, 0.6) is 11.5 Å². The summed E-state index contributed by atoms with van der Waals surface area (Å²) in [7, 11) is 0. The van der Waals surface area contributed by atoms with Crippen molar-refractivity contribution in [2.45, 2.75) is 45.4 Å². The van der Waals surface area contributed by atoms with Gasteiger partial charge in [0.05, 0.1) is 6.61 Å². The molecule has 0 aromatic heterocycles. The second-order valence-corrected chi connectivity index (χ2v) is 6.30. The van der Waals surface area contributed by atoms with E-state index in [0.717, 1.165) is 12.8 Å². The molecule has 0 fully saturated rings. The maximum atomic E-state index is 12.5. The smallest absolute Gasteiger partial charge is 0.347 e. The molecule has 0 unspecified atom stereocenters. The predicted octanol–water partition coefficient (Wildman–Crippen LogP) is 5.34. The first-order chi connectivity index (χ1) is 13.1. The minimum atomic E-state index is -1.15. The van der Waals surface area contributed by atoms with Crippen LogP contribution in [0.3, 0.4) is 0 Å². The maximum Gasteiger partial charge on any atom is 0.347 e. The van der Waals surface area contributed by atoms with E-state index in [4.69, 9.17) is 9.47 Å². The van der Waals surface area contributed by atoms with Gasteiger partial charge in [0.25, 0.3) is 0 Å². The molecule has 0 bridgehead atoms. The van der Waals surface area contributed by atoms with Crippen LogP contribution in [0, 0.1) is 0 Å². The fourth-order valence-corrected chi connectivity index (χ4v) is 2.71. The number of hydrogen-bond donors (Lipinski definition) is 1. The summed E-state index contributed by atoms with van der Waals surface area (Å²) in [5.41, 5.74) is 0.222. The van der Waals surface area contributed by atoms with Crippen LogP contribution < -0.4 is 9.47 Å². The van der Waals surface area contributed by atoms with E-state index < -0.39 is 11.9 Å². The highest BCUT2D eigenvalue weighted by molar-refractivity contribution is 5.96. The molecule has 0 amide bonds. The predicted molar refractivity (Wildman–Crippen MR) is 104 cm³/mol. The summed E-state index contributed by atoms with van der Waals surface area (Å²) in [6.07, 6.45) is 6.92. The van der Waals surface area contributed by atoms with Gasteiger partial charge >= 0.3 is 11.9 Å². The molecule has 0 atom stereocenters. The summed E-state index contributed by atoms with van der Waals surface area (Å²) < 4.78 is 11.1. The van der Waals surface area contributed by atoms with Gasteiger partial charge in [0.2, 0.25) is 0 Å². The molecule has 0 saturated carbocycles. The van der Waals surface area contributed by atoms with Crippen molar-refractivity contribution in [3.05, 3.63) is 59.7 Å². The number of aromatic carboxylic acids is 1. The number of esters is 1. The van der Waals surface area contributed by atoms with Crippen molar-refractivity contribution in [3.8, 4) is 11.5 Å². The molecule has 0 aliphatic rings.